The van der Waals surface area contributed by atoms with E-state index in [-0.39, 0.29) is 11.4 Å². The third-order valence-electron chi connectivity index (χ3n) is 5.57. The van der Waals surface area contributed by atoms with Gasteiger partial charge in [-0.15, -0.1) is 8.58 Å². The van der Waals surface area contributed by atoms with E-state index in [1.54, 1.807) is 0 Å². The molecule has 0 aromatic rings. The summed E-state index contributed by atoms with van der Waals surface area (Å²) < 4.78 is 6.12. The van der Waals surface area contributed by atoms with E-state index in [1.165, 1.54) is 19.3 Å². The van der Waals surface area contributed by atoms with Crippen molar-refractivity contribution in [1.82, 2.24) is 0 Å². The molecule has 3 unspecified atom stereocenters. The van der Waals surface area contributed by atoms with Crippen molar-refractivity contribution in [2.45, 2.75) is 84.4 Å². The van der Waals surface area contributed by atoms with Crippen LogP contribution < -0.4 is 0 Å². The number of hydrogen-bond acceptors (Lipinski definition) is 2. The molecule has 0 aromatic carbocycles. The summed E-state index contributed by atoms with van der Waals surface area (Å²) >= 11 is 0. The van der Waals surface area contributed by atoms with Gasteiger partial charge in [0.25, 0.3) is 0 Å². The molecule has 1 aliphatic rings. The molecule has 0 aliphatic heterocycles. The van der Waals surface area contributed by atoms with E-state index in [0.29, 0.717) is 14.5 Å². The summed E-state index contributed by atoms with van der Waals surface area (Å²) in [6, 6.07) is 0. The van der Waals surface area contributed by atoms with E-state index < -0.39 is 10.8 Å². The van der Waals surface area contributed by atoms with Crippen molar-refractivity contribution in [3.05, 3.63) is 12.7 Å². The maximum absolute atomic E-state index is 13.1. The third kappa shape index (κ3) is 4.13. The Hall–Kier alpha value is -0.360. The lowest BCUT2D eigenvalue weighted by molar-refractivity contribution is -0.165. The molecule has 1 aliphatic carbocycles. The van der Waals surface area contributed by atoms with Crippen LogP contribution in [0.4, 0.5) is 0 Å². The second-order valence-electron chi connectivity index (χ2n) is 8.02. The molecule has 1 saturated carbocycles. The highest BCUT2D eigenvalue weighted by Crippen LogP contribution is 2.48. The van der Waals surface area contributed by atoms with E-state index in [9.17, 15) is 4.79 Å². The molecule has 0 aromatic heterocycles. The normalized spacial score (nSPS) is 23.0. The highest BCUT2D eigenvalue weighted by atomic mass is 31.1. The first-order valence-electron chi connectivity index (χ1n) is 8.73. The Morgan fingerprint density at radius 1 is 1.18 bits per heavy atom. The highest BCUT2D eigenvalue weighted by Gasteiger charge is 2.48. The zero-order valence-corrected chi connectivity index (χ0v) is 16.4. The van der Waals surface area contributed by atoms with Crippen LogP contribution in [-0.2, 0) is 9.53 Å². The number of carbonyl (C=O) groups is 1. The fourth-order valence-electron chi connectivity index (χ4n) is 3.27. The largest absolute Gasteiger partial charge is 0.454 e. The SMILES string of the molecule is C=CC(C)(OC(=O)C(C)(PCC)C(C)(C)C)C1CCCCC1. The molecule has 1 fully saturated rings. The minimum atomic E-state index is -0.526. The van der Waals surface area contributed by atoms with Crippen LogP contribution in [0.5, 0.6) is 0 Å². The van der Waals surface area contributed by atoms with Crippen molar-refractivity contribution < 1.29 is 9.53 Å². The van der Waals surface area contributed by atoms with E-state index in [2.05, 4.69) is 41.2 Å². The summed E-state index contributed by atoms with van der Waals surface area (Å²) in [5.41, 5.74) is -0.630. The zero-order valence-electron chi connectivity index (χ0n) is 15.4. The zero-order chi connectivity index (χ0) is 17.0. The topological polar surface area (TPSA) is 26.3 Å². The molecule has 2 nitrogen and oxygen atoms in total. The van der Waals surface area contributed by atoms with Gasteiger partial charge in [0.2, 0.25) is 0 Å². The van der Waals surface area contributed by atoms with Crippen LogP contribution in [0.15, 0.2) is 12.7 Å². The number of ether oxygens (including phenoxy) is 1. The van der Waals surface area contributed by atoms with Crippen molar-refractivity contribution in [3.8, 4) is 0 Å². The van der Waals surface area contributed by atoms with E-state index in [0.717, 1.165) is 19.0 Å². The molecular formula is C19H35O2P. The van der Waals surface area contributed by atoms with Crippen LogP contribution in [0.25, 0.3) is 0 Å². The van der Waals surface area contributed by atoms with E-state index >= 15 is 0 Å². The summed E-state index contributed by atoms with van der Waals surface area (Å²) in [6.45, 7) is 16.7. The minimum Gasteiger partial charge on any atom is -0.454 e. The molecule has 0 bridgehead atoms. The molecule has 0 radical (unpaired) electrons. The Morgan fingerprint density at radius 3 is 2.14 bits per heavy atom. The highest BCUT2D eigenvalue weighted by molar-refractivity contribution is 7.41. The van der Waals surface area contributed by atoms with Crippen LogP contribution in [0.3, 0.4) is 0 Å². The Morgan fingerprint density at radius 2 is 1.73 bits per heavy atom. The first kappa shape index (κ1) is 19.7. The lowest BCUT2D eigenvalue weighted by atomic mass is 9.77. The fraction of sp³-hybridized carbons (Fsp3) is 0.842. The summed E-state index contributed by atoms with van der Waals surface area (Å²) in [5, 5.41) is -0.430. The second kappa shape index (κ2) is 7.47. The van der Waals surface area contributed by atoms with Crippen molar-refractivity contribution in [1.29, 1.82) is 0 Å². The molecule has 0 amide bonds. The Bertz CT molecular complexity index is 393. The lowest BCUT2D eigenvalue weighted by Gasteiger charge is -2.44. The molecule has 3 atom stereocenters. The molecule has 22 heavy (non-hydrogen) atoms. The Balaban J connectivity index is 2.96. The number of rotatable bonds is 6. The van der Waals surface area contributed by atoms with Gasteiger partial charge in [-0.2, -0.15) is 0 Å². The van der Waals surface area contributed by atoms with E-state index in [4.69, 9.17) is 4.74 Å². The standard InChI is InChI=1S/C19H35O2P/c1-8-18(6,15-13-11-10-12-14-15)21-16(20)19(7,22-9-2)17(3,4)5/h8,15,22H,1,9-14H2,2-7H3. The van der Waals surface area contributed by atoms with Gasteiger partial charge in [0.15, 0.2) is 0 Å². The summed E-state index contributed by atoms with van der Waals surface area (Å²) in [6.07, 6.45) is 8.92. The molecule has 0 saturated heterocycles. The van der Waals surface area contributed by atoms with Gasteiger partial charge in [-0.1, -0.05) is 53.5 Å². The number of hydrogen-bond donors (Lipinski definition) is 0. The molecule has 0 spiro atoms. The Labute approximate surface area is 139 Å². The van der Waals surface area contributed by atoms with Gasteiger partial charge in [0.05, 0.1) is 5.16 Å². The lowest BCUT2D eigenvalue weighted by Crippen LogP contribution is -2.49. The average Bonchev–Trinajstić information content (AvgIpc) is 2.47. The van der Waals surface area contributed by atoms with E-state index in [1.807, 2.05) is 13.0 Å². The summed E-state index contributed by atoms with van der Waals surface area (Å²) in [4.78, 5) is 13.1. The number of carbonyl (C=O) groups excluding carboxylic acids is 1. The van der Waals surface area contributed by atoms with Crippen LogP contribution in [0.2, 0.25) is 0 Å². The van der Waals surface area contributed by atoms with Crippen molar-refractivity contribution in [3.63, 3.8) is 0 Å². The summed E-state index contributed by atoms with van der Waals surface area (Å²) in [7, 11) is 0.578. The van der Waals surface area contributed by atoms with Gasteiger partial charge in [-0.05, 0) is 44.3 Å². The molecule has 3 heteroatoms. The van der Waals surface area contributed by atoms with Gasteiger partial charge < -0.3 is 4.74 Å². The fourth-order valence-corrected chi connectivity index (χ4v) is 4.70. The van der Waals surface area contributed by atoms with Gasteiger partial charge >= 0.3 is 5.97 Å². The maximum Gasteiger partial charge on any atom is 0.317 e. The first-order chi connectivity index (χ1) is 10.1. The smallest absolute Gasteiger partial charge is 0.317 e. The van der Waals surface area contributed by atoms with Gasteiger partial charge in [-0.25, -0.2) is 0 Å². The van der Waals surface area contributed by atoms with Crippen LogP contribution in [-0.4, -0.2) is 22.9 Å². The predicted octanol–water partition coefficient (Wildman–Crippen LogP) is 5.56. The van der Waals surface area contributed by atoms with Gasteiger partial charge in [0.1, 0.15) is 5.60 Å². The van der Waals surface area contributed by atoms with Crippen LogP contribution in [0, 0.1) is 11.3 Å². The van der Waals surface area contributed by atoms with Gasteiger partial charge in [0, 0.05) is 5.92 Å². The molecule has 0 N–H and O–H groups in total. The number of esters is 1. The van der Waals surface area contributed by atoms with Crippen molar-refractivity contribution in [2.24, 2.45) is 11.3 Å². The molecule has 128 valence electrons. The molecule has 0 heterocycles. The third-order valence-corrected chi connectivity index (χ3v) is 7.59. The quantitative estimate of drug-likeness (QED) is 0.363. The first-order valence-corrected chi connectivity index (χ1v) is 9.93. The minimum absolute atomic E-state index is 0.0480. The molecule has 1 rings (SSSR count). The second-order valence-corrected chi connectivity index (χ2v) is 10.1. The summed E-state index contributed by atoms with van der Waals surface area (Å²) in [5.74, 6) is 0.366. The van der Waals surface area contributed by atoms with Gasteiger partial charge in [-0.3, -0.25) is 4.79 Å². The monoisotopic (exact) mass is 326 g/mol. The average molecular weight is 326 g/mol. The molecular weight excluding hydrogens is 291 g/mol. The predicted molar refractivity (Wildman–Crippen MR) is 98.0 cm³/mol. The Kier molecular flexibility index (Phi) is 6.69. The van der Waals surface area contributed by atoms with Crippen molar-refractivity contribution >= 4 is 14.6 Å². The van der Waals surface area contributed by atoms with Crippen LogP contribution >= 0.6 is 8.58 Å². The maximum atomic E-state index is 13.1. The van der Waals surface area contributed by atoms with Crippen LogP contribution in [0.1, 0.15) is 73.6 Å². The van der Waals surface area contributed by atoms with Crippen molar-refractivity contribution in [2.75, 3.05) is 6.16 Å².